The second-order valence-electron chi connectivity index (χ2n) is 8.30. The quantitative estimate of drug-likeness (QED) is 0.511. The number of aryl methyl sites for hydroxylation is 2. The van der Waals surface area contributed by atoms with Gasteiger partial charge >= 0.3 is 5.69 Å². The molecule has 5 heterocycles. The number of thiazole rings is 1. The van der Waals surface area contributed by atoms with Crippen LogP contribution in [0.5, 0.6) is 0 Å². The van der Waals surface area contributed by atoms with E-state index in [9.17, 15) is 14.7 Å². The van der Waals surface area contributed by atoms with E-state index in [4.69, 9.17) is 4.98 Å². The van der Waals surface area contributed by atoms with E-state index >= 15 is 0 Å². The van der Waals surface area contributed by atoms with E-state index in [1.807, 2.05) is 23.6 Å². The fourth-order valence-corrected chi connectivity index (χ4v) is 5.27. The lowest BCUT2D eigenvalue weighted by molar-refractivity contribution is -0.140. The summed E-state index contributed by atoms with van der Waals surface area (Å²) in [4.78, 5) is 41.6. The molecule has 1 aliphatic rings. The Hall–Kier alpha value is -3.11. The van der Waals surface area contributed by atoms with Crippen LogP contribution in [0.3, 0.4) is 0 Å². The Balaban J connectivity index is 1.59. The molecular formula is C22H24N6O3S. The van der Waals surface area contributed by atoms with Gasteiger partial charge in [-0.3, -0.25) is 18.9 Å². The van der Waals surface area contributed by atoms with Crippen LogP contribution < -0.4 is 5.69 Å². The minimum atomic E-state index is -1.01. The number of hydrogen-bond donors (Lipinski definition) is 1. The molecule has 166 valence electrons. The van der Waals surface area contributed by atoms with Crippen LogP contribution in [0.25, 0.3) is 32.0 Å². The molecule has 1 atom stereocenters. The molecule has 10 heteroatoms. The molecule has 0 saturated carbocycles. The monoisotopic (exact) mass is 452 g/mol. The Morgan fingerprint density at radius 3 is 2.62 bits per heavy atom. The van der Waals surface area contributed by atoms with Gasteiger partial charge < -0.3 is 10.0 Å². The zero-order chi connectivity index (χ0) is 22.6. The van der Waals surface area contributed by atoms with Crippen LogP contribution in [-0.2, 0) is 11.8 Å². The number of piperidine rings is 1. The first kappa shape index (κ1) is 20.8. The summed E-state index contributed by atoms with van der Waals surface area (Å²) in [5, 5.41) is 10.4. The van der Waals surface area contributed by atoms with Crippen LogP contribution in [0, 0.1) is 6.92 Å². The van der Waals surface area contributed by atoms with Crippen LogP contribution >= 0.6 is 11.3 Å². The molecule has 1 aliphatic heterocycles. The molecule has 4 aromatic rings. The number of nitrogens with zero attached hydrogens (tertiary/aromatic N) is 6. The van der Waals surface area contributed by atoms with Crippen LogP contribution in [0.1, 0.15) is 31.5 Å². The Morgan fingerprint density at radius 2 is 1.97 bits per heavy atom. The number of amides is 1. The molecule has 1 N–H and O–H groups in total. The topological polar surface area (TPSA) is 106 Å². The normalized spacial score (nSPS) is 16.2. The second kappa shape index (κ2) is 7.79. The van der Waals surface area contributed by atoms with Gasteiger partial charge in [0.15, 0.2) is 0 Å². The van der Waals surface area contributed by atoms with E-state index in [0.29, 0.717) is 31.4 Å². The van der Waals surface area contributed by atoms with Crippen molar-refractivity contribution in [1.29, 1.82) is 0 Å². The molecule has 0 spiro atoms. The molecule has 0 aliphatic carbocycles. The Morgan fingerprint density at radius 1 is 1.22 bits per heavy atom. The average Bonchev–Trinajstić information content (AvgIpc) is 3.33. The van der Waals surface area contributed by atoms with Crippen molar-refractivity contribution in [2.75, 3.05) is 13.1 Å². The molecule has 32 heavy (non-hydrogen) atoms. The van der Waals surface area contributed by atoms with Crippen LogP contribution in [0.2, 0.25) is 0 Å². The molecule has 9 nitrogen and oxygen atoms in total. The van der Waals surface area contributed by atoms with Crippen molar-refractivity contribution in [3.8, 4) is 10.6 Å². The predicted octanol–water partition coefficient (Wildman–Crippen LogP) is 2.26. The number of rotatable bonds is 3. The third-order valence-corrected chi connectivity index (χ3v) is 7.15. The number of imidazole rings is 1. The van der Waals surface area contributed by atoms with Crippen molar-refractivity contribution in [3.05, 3.63) is 40.7 Å². The van der Waals surface area contributed by atoms with Gasteiger partial charge in [0.25, 0.3) is 5.91 Å². The highest BCUT2D eigenvalue weighted by Crippen LogP contribution is 2.34. The third-order valence-electron chi connectivity index (χ3n) is 6.13. The molecular weight excluding hydrogens is 428 g/mol. The molecule has 0 radical (unpaired) electrons. The van der Waals surface area contributed by atoms with Crippen LogP contribution in [-0.4, -0.2) is 59.2 Å². The number of carbonyl (C=O) groups excluding carboxylic acids is 1. The first-order valence-electron chi connectivity index (χ1n) is 10.6. The largest absolute Gasteiger partial charge is 0.384 e. The molecule has 4 aromatic heterocycles. The minimum Gasteiger partial charge on any atom is -0.384 e. The zero-order valence-electron chi connectivity index (χ0n) is 18.1. The molecule has 1 saturated heterocycles. The summed E-state index contributed by atoms with van der Waals surface area (Å²) in [7, 11) is 1.75. The molecule has 0 unspecified atom stereocenters. The number of fused-ring (bicyclic) bond motifs is 3. The molecule has 0 aromatic carbocycles. The van der Waals surface area contributed by atoms with Gasteiger partial charge in [-0.2, -0.15) is 0 Å². The maximum Gasteiger partial charge on any atom is 0.329 e. The highest BCUT2D eigenvalue weighted by Gasteiger charge is 2.29. The highest BCUT2D eigenvalue weighted by atomic mass is 32.1. The van der Waals surface area contributed by atoms with E-state index in [1.54, 1.807) is 28.9 Å². The van der Waals surface area contributed by atoms with Gasteiger partial charge in [-0.15, -0.1) is 0 Å². The fraction of sp³-hybridized carbons (Fsp3) is 0.409. The lowest BCUT2D eigenvalue weighted by atomic mass is 10.0. The minimum absolute atomic E-state index is 0.0546. The first-order chi connectivity index (χ1) is 15.3. The van der Waals surface area contributed by atoms with Crippen molar-refractivity contribution >= 4 is 38.6 Å². The number of aromatic nitrogens is 5. The van der Waals surface area contributed by atoms with Crippen molar-refractivity contribution in [1.82, 2.24) is 29.0 Å². The van der Waals surface area contributed by atoms with E-state index in [2.05, 4.69) is 9.97 Å². The SMILES string of the molecule is Cc1ccc(-c2nc3c(ncc4c3n(C3CCN(C(=O)[C@@H](C)O)CC3)c(=O)n4C)s2)cn1. The summed E-state index contributed by atoms with van der Waals surface area (Å²) in [6.45, 7) is 4.43. The first-order valence-corrected chi connectivity index (χ1v) is 11.4. The Kier molecular flexibility index (Phi) is 5.06. The van der Waals surface area contributed by atoms with E-state index in [1.165, 1.54) is 18.3 Å². The molecule has 1 amide bonds. The Bertz CT molecular complexity index is 1380. The van der Waals surface area contributed by atoms with Gasteiger partial charge in [0.05, 0.1) is 11.7 Å². The van der Waals surface area contributed by atoms with Crippen LogP contribution in [0.15, 0.2) is 29.3 Å². The summed E-state index contributed by atoms with van der Waals surface area (Å²) < 4.78 is 3.43. The van der Waals surface area contributed by atoms with Gasteiger partial charge in [0.1, 0.15) is 27.0 Å². The van der Waals surface area contributed by atoms with Gasteiger partial charge in [0, 0.05) is 43.6 Å². The number of likely N-dealkylation sites (tertiary alicyclic amines) is 1. The van der Waals surface area contributed by atoms with E-state index in [-0.39, 0.29) is 17.6 Å². The van der Waals surface area contributed by atoms with E-state index in [0.717, 1.165) is 32.1 Å². The van der Waals surface area contributed by atoms with Crippen LogP contribution in [0.4, 0.5) is 0 Å². The number of hydrogen-bond acceptors (Lipinski definition) is 7. The summed E-state index contributed by atoms with van der Waals surface area (Å²) in [6.07, 6.45) is 3.80. The summed E-state index contributed by atoms with van der Waals surface area (Å²) >= 11 is 1.48. The highest BCUT2D eigenvalue weighted by molar-refractivity contribution is 7.21. The Labute approximate surface area is 188 Å². The van der Waals surface area contributed by atoms with Crippen molar-refractivity contribution in [2.24, 2.45) is 7.05 Å². The third kappa shape index (κ3) is 3.30. The summed E-state index contributed by atoms with van der Waals surface area (Å²) in [6, 6.07) is 3.89. The van der Waals surface area contributed by atoms with E-state index < -0.39 is 6.10 Å². The number of pyridine rings is 2. The molecule has 5 rings (SSSR count). The summed E-state index contributed by atoms with van der Waals surface area (Å²) in [5.41, 5.74) is 3.98. The smallest absolute Gasteiger partial charge is 0.329 e. The number of aliphatic hydroxyl groups excluding tert-OH is 1. The number of aliphatic hydroxyl groups is 1. The predicted molar refractivity (Wildman–Crippen MR) is 123 cm³/mol. The number of carbonyl (C=O) groups is 1. The maximum absolute atomic E-state index is 13.2. The van der Waals surface area contributed by atoms with Crippen molar-refractivity contribution in [2.45, 2.75) is 38.8 Å². The van der Waals surface area contributed by atoms with Gasteiger partial charge in [-0.05, 0) is 38.8 Å². The lowest BCUT2D eigenvalue weighted by Gasteiger charge is -2.33. The second-order valence-corrected chi connectivity index (χ2v) is 9.27. The molecule has 1 fully saturated rings. The zero-order valence-corrected chi connectivity index (χ0v) is 19.0. The lowest BCUT2D eigenvalue weighted by Crippen LogP contribution is -2.44. The van der Waals surface area contributed by atoms with Gasteiger partial charge in [0.2, 0.25) is 0 Å². The standard InChI is InChI=1S/C22H24N6O3S/c1-12-4-5-14(10-23-12)19-25-17-18-16(11-24-20(17)32-19)26(3)22(31)28(18)15-6-8-27(9-7-15)21(30)13(2)29/h4-5,10-11,13,15,29H,6-9H2,1-3H3/t13-/m1/s1. The average molecular weight is 453 g/mol. The van der Waals surface area contributed by atoms with Gasteiger partial charge in [-0.25, -0.2) is 14.8 Å². The van der Waals surface area contributed by atoms with Crippen molar-refractivity contribution in [3.63, 3.8) is 0 Å². The summed E-state index contributed by atoms with van der Waals surface area (Å²) in [5.74, 6) is -0.267. The molecule has 0 bridgehead atoms. The van der Waals surface area contributed by atoms with Gasteiger partial charge in [-0.1, -0.05) is 11.3 Å². The maximum atomic E-state index is 13.2. The fourth-order valence-electron chi connectivity index (χ4n) is 4.36. The van der Waals surface area contributed by atoms with Crippen molar-refractivity contribution < 1.29 is 9.90 Å².